The smallest absolute Gasteiger partial charge is 0.127 e. The van der Waals surface area contributed by atoms with Crippen LogP contribution in [0.1, 0.15) is 26.2 Å². The summed E-state index contributed by atoms with van der Waals surface area (Å²) >= 11 is 0. The fourth-order valence-corrected chi connectivity index (χ4v) is 2.46. The van der Waals surface area contributed by atoms with E-state index >= 15 is 0 Å². The van der Waals surface area contributed by atoms with E-state index in [1.54, 1.807) is 0 Å². The predicted molar refractivity (Wildman–Crippen MR) is 70.2 cm³/mol. The molecule has 3 N–H and O–H groups in total. The van der Waals surface area contributed by atoms with Crippen molar-refractivity contribution < 1.29 is 5.11 Å². The molecule has 4 nitrogen and oxygen atoms in total. The Labute approximate surface area is 102 Å². The molecule has 1 heterocycles. The second kappa shape index (κ2) is 5.87. The highest BCUT2D eigenvalue weighted by molar-refractivity contribution is 5.52. The average Bonchev–Trinajstić information content (AvgIpc) is 2.77. The summed E-state index contributed by atoms with van der Waals surface area (Å²) in [4.78, 5) is 4.24. The molecule has 94 valence electrons. The number of hydrogen-bond acceptors (Lipinski definition) is 4. The summed E-state index contributed by atoms with van der Waals surface area (Å²) in [5.41, 5.74) is 1.08. The summed E-state index contributed by atoms with van der Waals surface area (Å²) in [6.45, 7) is 3.21. The van der Waals surface area contributed by atoms with Crippen molar-refractivity contribution in [2.24, 2.45) is 5.92 Å². The number of hydrogen-bond donors (Lipinski definition) is 3. The maximum absolute atomic E-state index is 9.29. The zero-order valence-corrected chi connectivity index (χ0v) is 10.3. The second-order valence-electron chi connectivity index (χ2n) is 4.58. The van der Waals surface area contributed by atoms with Gasteiger partial charge in [-0.1, -0.05) is 6.42 Å². The van der Waals surface area contributed by atoms with Gasteiger partial charge in [-0.05, 0) is 25.8 Å². The fraction of sp³-hybridized carbons (Fsp3) is 0.615. The zero-order chi connectivity index (χ0) is 12.1. The number of aliphatic hydroxyl groups is 1. The molecule has 1 aromatic heterocycles. The van der Waals surface area contributed by atoms with Gasteiger partial charge in [0.25, 0.3) is 0 Å². The summed E-state index contributed by atoms with van der Waals surface area (Å²) in [5.74, 6) is 1.29. The van der Waals surface area contributed by atoms with Gasteiger partial charge in [-0.3, -0.25) is 0 Å². The first kappa shape index (κ1) is 12.2. The molecule has 2 rings (SSSR count). The standard InChI is InChI=1S/C13H21N3O/c1-2-14-13-8-11(6-7-15-13)16-12-5-3-4-10(12)9-17/h6-8,10,12,17H,2-5,9H2,1H3,(H2,14,15,16). The van der Waals surface area contributed by atoms with Crippen molar-refractivity contribution in [3.05, 3.63) is 18.3 Å². The lowest BCUT2D eigenvalue weighted by molar-refractivity contribution is 0.222. The number of pyridine rings is 1. The van der Waals surface area contributed by atoms with Crippen molar-refractivity contribution in [2.45, 2.75) is 32.2 Å². The number of nitrogens with one attached hydrogen (secondary N) is 2. The molecule has 0 aliphatic heterocycles. The highest BCUT2D eigenvalue weighted by Crippen LogP contribution is 2.28. The summed E-state index contributed by atoms with van der Waals surface area (Å²) in [5, 5.41) is 16.0. The Kier molecular flexibility index (Phi) is 4.20. The highest BCUT2D eigenvalue weighted by atomic mass is 16.3. The van der Waals surface area contributed by atoms with E-state index in [2.05, 4.69) is 22.5 Å². The van der Waals surface area contributed by atoms with Crippen molar-refractivity contribution >= 4 is 11.5 Å². The lowest BCUT2D eigenvalue weighted by Gasteiger charge is -2.20. The van der Waals surface area contributed by atoms with Crippen LogP contribution >= 0.6 is 0 Å². The van der Waals surface area contributed by atoms with Crippen LogP contribution in [-0.4, -0.2) is 29.3 Å². The van der Waals surface area contributed by atoms with E-state index in [4.69, 9.17) is 0 Å². The Bertz CT molecular complexity index is 356. The van der Waals surface area contributed by atoms with Gasteiger partial charge < -0.3 is 15.7 Å². The Morgan fingerprint density at radius 1 is 1.47 bits per heavy atom. The minimum Gasteiger partial charge on any atom is -0.396 e. The van der Waals surface area contributed by atoms with Crippen LogP contribution in [0.2, 0.25) is 0 Å². The Balaban J connectivity index is 2.00. The van der Waals surface area contributed by atoms with Gasteiger partial charge in [0.1, 0.15) is 5.82 Å². The molecule has 1 fully saturated rings. The molecular formula is C13H21N3O. The molecule has 4 heteroatoms. The van der Waals surface area contributed by atoms with Crippen LogP contribution in [0.5, 0.6) is 0 Å². The Morgan fingerprint density at radius 2 is 2.35 bits per heavy atom. The van der Waals surface area contributed by atoms with Gasteiger partial charge in [0, 0.05) is 43.1 Å². The molecule has 0 radical (unpaired) electrons. The van der Waals surface area contributed by atoms with Crippen LogP contribution in [0.4, 0.5) is 11.5 Å². The topological polar surface area (TPSA) is 57.2 Å². The number of aliphatic hydroxyl groups excluding tert-OH is 1. The van der Waals surface area contributed by atoms with Gasteiger partial charge in [-0.25, -0.2) is 4.98 Å². The van der Waals surface area contributed by atoms with Crippen LogP contribution in [0.25, 0.3) is 0 Å². The van der Waals surface area contributed by atoms with Crippen molar-refractivity contribution in [1.29, 1.82) is 0 Å². The second-order valence-corrected chi connectivity index (χ2v) is 4.58. The van der Waals surface area contributed by atoms with Crippen LogP contribution < -0.4 is 10.6 Å². The van der Waals surface area contributed by atoms with Gasteiger partial charge >= 0.3 is 0 Å². The molecule has 2 atom stereocenters. The van der Waals surface area contributed by atoms with Gasteiger partial charge in [-0.2, -0.15) is 0 Å². The van der Waals surface area contributed by atoms with E-state index in [1.807, 2.05) is 18.3 Å². The third-order valence-corrected chi connectivity index (χ3v) is 3.36. The van der Waals surface area contributed by atoms with E-state index in [0.29, 0.717) is 12.0 Å². The molecule has 1 saturated carbocycles. The first-order valence-corrected chi connectivity index (χ1v) is 6.40. The lowest BCUT2D eigenvalue weighted by Crippen LogP contribution is -2.26. The van der Waals surface area contributed by atoms with Crippen LogP contribution in [0.15, 0.2) is 18.3 Å². The molecule has 2 unspecified atom stereocenters. The van der Waals surface area contributed by atoms with Crippen molar-refractivity contribution in [3.63, 3.8) is 0 Å². The first-order chi connectivity index (χ1) is 8.33. The maximum Gasteiger partial charge on any atom is 0.127 e. The Morgan fingerprint density at radius 3 is 3.12 bits per heavy atom. The summed E-state index contributed by atoms with van der Waals surface area (Å²) in [6.07, 6.45) is 5.28. The Hall–Kier alpha value is -1.29. The molecule has 1 aliphatic carbocycles. The predicted octanol–water partition coefficient (Wildman–Crippen LogP) is 2.09. The van der Waals surface area contributed by atoms with Gasteiger partial charge in [0.2, 0.25) is 0 Å². The number of aromatic nitrogens is 1. The quantitative estimate of drug-likeness (QED) is 0.731. The van der Waals surface area contributed by atoms with Crippen molar-refractivity contribution in [3.8, 4) is 0 Å². The van der Waals surface area contributed by atoms with Crippen molar-refractivity contribution in [2.75, 3.05) is 23.8 Å². The van der Waals surface area contributed by atoms with E-state index in [1.165, 1.54) is 6.42 Å². The van der Waals surface area contributed by atoms with Crippen molar-refractivity contribution in [1.82, 2.24) is 4.98 Å². The van der Waals surface area contributed by atoms with Crippen LogP contribution in [0, 0.1) is 5.92 Å². The zero-order valence-electron chi connectivity index (χ0n) is 10.3. The molecule has 0 saturated heterocycles. The van der Waals surface area contributed by atoms with Gasteiger partial charge in [-0.15, -0.1) is 0 Å². The molecule has 1 aliphatic rings. The third kappa shape index (κ3) is 3.09. The van der Waals surface area contributed by atoms with E-state index in [-0.39, 0.29) is 6.61 Å². The average molecular weight is 235 g/mol. The summed E-state index contributed by atoms with van der Waals surface area (Å²) in [6, 6.07) is 4.40. The monoisotopic (exact) mass is 235 g/mol. The molecule has 17 heavy (non-hydrogen) atoms. The lowest BCUT2D eigenvalue weighted by atomic mass is 10.0. The highest BCUT2D eigenvalue weighted by Gasteiger charge is 2.26. The van der Waals surface area contributed by atoms with Crippen LogP contribution in [-0.2, 0) is 0 Å². The molecule has 0 bridgehead atoms. The van der Waals surface area contributed by atoms with Gasteiger partial charge in [0.05, 0.1) is 0 Å². The molecule has 0 amide bonds. The van der Waals surface area contributed by atoms with E-state index < -0.39 is 0 Å². The minimum absolute atomic E-state index is 0.281. The number of anilines is 2. The summed E-state index contributed by atoms with van der Waals surface area (Å²) in [7, 11) is 0. The normalized spacial score (nSPS) is 23.6. The van der Waals surface area contributed by atoms with E-state index in [9.17, 15) is 5.11 Å². The molecule has 0 spiro atoms. The largest absolute Gasteiger partial charge is 0.396 e. The van der Waals surface area contributed by atoms with Crippen LogP contribution in [0.3, 0.4) is 0 Å². The van der Waals surface area contributed by atoms with E-state index in [0.717, 1.165) is 30.9 Å². The number of rotatable bonds is 5. The minimum atomic E-state index is 0.281. The van der Waals surface area contributed by atoms with Gasteiger partial charge in [0.15, 0.2) is 0 Å². The summed E-state index contributed by atoms with van der Waals surface area (Å²) < 4.78 is 0. The fourth-order valence-electron chi connectivity index (χ4n) is 2.46. The molecule has 1 aromatic rings. The molecular weight excluding hydrogens is 214 g/mol. The first-order valence-electron chi connectivity index (χ1n) is 6.40. The SMILES string of the molecule is CCNc1cc(NC2CCCC2CO)ccn1. The molecule has 0 aromatic carbocycles. The third-order valence-electron chi connectivity index (χ3n) is 3.36. The maximum atomic E-state index is 9.29. The number of nitrogens with zero attached hydrogens (tertiary/aromatic N) is 1.